The lowest BCUT2D eigenvalue weighted by Crippen LogP contribution is -2.31. The summed E-state index contributed by atoms with van der Waals surface area (Å²) in [5, 5.41) is 9.30. The van der Waals surface area contributed by atoms with E-state index in [0.29, 0.717) is 25.1 Å². The van der Waals surface area contributed by atoms with Gasteiger partial charge in [0.15, 0.2) is 5.82 Å². The highest BCUT2D eigenvalue weighted by atomic mass is 16.6. The molecule has 30 heavy (non-hydrogen) atoms. The molecule has 6 nitrogen and oxygen atoms in total. The van der Waals surface area contributed by atoms with Gasteiger partial charge in [0.25, 0.3) is 0 Å². The van der Waals surface area contributed by atoms with Crippen molar-refractivity contribution in [3.8, 4) is 17.3 Å². The molecule has 0 aliphatic carbocycles. The zero-order chi connectivity index (χ0) is 21.3. The van der Waals surface area contributed by atoms with Crippen LogP contribution in [0.15, 0.2) is 48.5 Å². The normalized spacial score (nSPS) is 16.5. The van der Waals surface area contributed by atoms with Gasteiger partial charge in [-0.2, -0.15) is 5.26 Å². The van der Waals surface area contributed by atoms with E-state index in [-0.39, 0.29) is 11.9 Å². The first kappa shape index (κ1) is 19.8. The minimum absolute atomic E-state index is 0.174. The van der Waals surface area contributed by atoms with Crippen LogP contribution in [-0.4, -0.2) is 34.6 Å². The minimum Gasteiger partial charge on any atom is -0.460 e. The third-order valence-corrected chi connectivity index (χ3v) is 5.05. The number of fused-ring (bicyclic) bond motifs is 1. The van der Waals surface area contributed by atoms with Crippen LogP contribution in [0, 0.1) is 17.2 Å². The summed E-state index contributed by atoms with van der Waals surface area (Å²) in [6.45, 7) is 6.88. The predicted octanol–water partition coefficient (Wildman–Crippen LogP) is 4.34. The third-order valence-electron chi connectivity index (χ3n) is 5.05. The molecule has 4 rings (SSSR count). The lowest BCUT2D eigenvalue weighted by Gasteiger charge is -2.23. The molecule has 0 N–H and O–H groups in total. The summed E-state index contributed by atoms with van der Waals surface area (Å²) in [6, 6.07) is 17.3. The maximum atomic E-state index is 12.6. The van der Waals surface area contributed by atoms with E-state index in [1.165, 1.54) is 0 Å². The molecule has 1 atom stereocenters. The number of anilines is 1. The largest absolute Gasteiger partial charge is 0.460 e. The molecule has 1 saturated heterocycles. The second kappa shape index (κ2) is 7.75. The van der Waals surface area contributed by atoms with E-state index in [1.807, 2.05) is 63.2 Å². The average Bonchev–Trinajstić information content (AvgIpc) is 3.22. The Morgan fingerprint density at radius 2 is 1.87 bits per heavy atom. The van der Waals surface area contributed by atoms with Gasteiger partial charge in [-0.1, -0.05) is 24.3 Å². The zero-order valence-corrected chi connectivity index (χ0v) is 17.4. The van der Waals surface area contributed by atoms with Crippen molar-refractivity contribution in [1.82, 2.24) is 9.97 Å². The maximum absolute atomic E-state index is 12.6. The van der Waals surface area contributed by atoms with E-state index in [2.05, 4.69) is 11.0 Å². The average molecular weight is 400 g/mol. The lowest BCUT2D eigenvalue weighted by molar-refractivity contribution is -0.159. The molecule has 0 amide bonds. The van der Waals surface area contributed by atoms with E-state index in [9.17, 15) is 10.1 Å². The fourth-order valence-electron chi connectivity index (χ4n) is 3.67. The Hall–Kier alpha value is -3.46. The Bertz CT molecular complexity index is 1140. The first-order valence-corrected chi connectivity index (χ1v) is 10.1. The van der Waals surface area contributed by atoms with Crippen molar-refractivity contribution >= 4 is 22.8 Å². The summed E-state index contributed by atoms with van der Waals surface area (Å²) < 4.78 is 5.58. The number of benzene rings is 2. The van der Waals surface area contributed by atoms with Crippen LogP contribution in [0.25, 0.3) is 22.3 Å². The number of esters is 1. The summed E-state index contributed by atoms with van der Waals surface area (Å²) in [7, 11) is 0. The Balaban J connectivity index is 1.73. The fourth-order valence-corrected chi connectivity index (χ4v) is 3.67. The van der Waals surface area contributed by atoms with Crippen molar-refractivity contribution in [2.45, 2.75) is 32.8 Å². The van der Waals surface area contributed by atoms with Crippen LogP contribution in [0.2, 0.25) is 0 Å². The van der Waals surface area contributed by atoms with Gasteiger partial charge in [-0.15, -0.1) is 0 Å². The van der Waals surface area contributed by atoms with E-state index >= 15 is 0 Å². The molecule has 152 valence electrons. The van der Waals surface area contributed by atoms with Crippen LogP contribution in [0.3, 0.4) is 0 Å². The second-order valence-electron chi connectivity index (χ2n) is 8.54. The monoisotopic (exact) mass is 400 g/mol. The van der Waals surface area contributed by atoms with Crippen LogP contribution in [0.1, 0.15) is 32.8 Å². The standard InChI is InChI=1S/C24H24N4O2/c1-24(2,3)30-23(29)18-11-12-28(15-18)22-21(17-8-6-7-16(13-17)14-25)26-19-9-4-5-10-20(19)27-22/h4-10,13,18H,11-12,15H2,1-3H3. The molecular weight excluding hydrogens is 376 g/mol. The lowest BCUT2D eigenvalue weighted by atomic mass is 10.1. The molecule has 0 radical (unpaired) electrons. The number of carbonyl (C=O) groups is 1. The maximum Gasteiger partial charge on any atom is 0.311 e. The van der Waals surface area contributed by atoms with E-state index < -0.39 is 5.60 Å². The number of hydrogen-bond donors (Lipinski definition) is 0. The van der Waals surface area contributed by atoms with Gasteiger partial charge in [0, 0.05) is 18.7 Å². The van der Waals surface area contributed by atoms with Crippen LogP contribution < -0.4 is 4.90 Å². The van der Waals surface area contributed by atoms with Crippen LogP contribution >= 0.6 is 0 Å². The van der Waals surface area contributed by atoms with Gasteiger partial charge in [0.2, 0.25) is 0 Å². The summed E-state index contributed by atoms with van der Waals surface area (Å²) in [4.78, 5) is 24.4. The Morgan fingerprint density at radius 1 is 1.13 bits per heavy atom. The first-order valence-electron chi connectivity index (χ1n) is 10.1. The van der Waals surface area contributed by atoms with E-state index in [0.717, 1.165) is 28.1 Å². The molecule has 1 aromatic heterocycles. The zero-order valence-electron chi connectivity index (χ0n) is 17.4. The Morgan fingerprint density at radius 3 is 2.57 bits per heavy atom. The molecule has 2 heterocycles. The molecule has 2 aromatic carbocycles. The predicted molar refractivity (Wildman–Crippen MR) is 116 cm³/mol. The molecule has 0 bridgehead atoms. The van der Waals surface area contributed by atoms with Gasteiger partial charge in [0.05, 0.1) is 28.6 Å². The Kier molecular flexibility index (Phi) is 5.13. The van der Waals surface area contributed by atoms with Crippen molar-refractivity contribution < 1.29 is 9.53 Å². The third kappa shape index (κ3) is 4.11. The summed E-state index contributed by atoms with van der Waals surface area (Å²) in [5.41, 5.74) is 3.21. The summed E-state index contributed by atoms with van der Waals surface area (Å²) in [6.07, 6.45) is 0.709. The van der Waals surface area contributed by atoms with Crippen LogP contribution in [0.4, 0.5) is 5.82 Å². The van der Waals surface area contributed by atoms with Crippen molar-refractivity contribution in [3.05, 3.63) is 54.1 Å². The molecule has 0 saturated carbocycles. The molecule has 3 aromatic rings. The van der Waals surface area contributed by atoms with Crippen molar-refractivity contribution in [2.75, 3.05) is 18.0 Å². The quantitative estimate of drug-likeness (QED) is 0.609. The minimum atomic E-state index is -0.504. The first-order chi connectivity index (χ1) is 14.3. The SMILES string of the molecule is CC(C)(C)OC(=O)C1CCN(c2nc3ccccc3nc2-c2cccc(C#N)c2)C1. The highest BCUT2D eigenvalue weighted by Gasteiger charge is 2.33. The van der Waals surface area contributed by atoms with E-state index in [4.69, 9.17) is 14.7 Å². The number of carbonyl (C=O) groups excluding carboxylic acids is 1. The molecule has 6 heteroatoms. The molecule has 1 aliphatic rings. The van der Waals surface area contributed by atoms with Gasteiger partial charge >= 0.3 is 5.97 Å². The molecule has 1 unspecified atom stereocenters. The highest BCUT2D eigenvalue weighted by molar-refractivity contribution is 5.84. The summed E-state index contributed by atoms with van der Waals surface area (Å²) in [5.74, 6) is 0.359. The van der Waals surface area contributed by atoms with Crippen molar-refractivity contribution in [2.24, 2.45) is 5.92 Å². The van der Waals surface area contributed by atoms with Crippen LogP contribution in [0.5, 0.6) is 0 Å². The topological polar surface area (TPSA) is 79.1 Å². The van der Waals surface area contributed by atoms with Crippen LogP contribution in [-0.2, 0) is 9.53 Å². The number of nitrogens with zero attached hydrogens (tertiary/aromatic N) is 4. The fraction of sp³-hybridized carbons (Fsp3) is 0.333. The van der Waals surface area contributed by atoms with Crippen molar-refractivity contribution in [3.63, 3.8) is 0 Å². The second-order valence-corrected chi connectivity index (χ2v) is 8.54. The molecule has 1 aliphatic heterocycles. The number of ether oxygens (including phenoxy) is 1. The van der Waals surface area contributed by atoms with Crippen molar-refractivity contribution in [1.29, 1.82) is 5.26 Å². The highest BCUT2D eigenvalue weighted by Crippen LogP contribution is 2.33. The Labute approximate surface area is 176 Å². The number of para-hydroxylation sites is 2. The number of rotatable bonds is 3. The number of hydrogen-bond acceptors (Lipinski definition) is 6. The number of aromatic nitrogens is 2. The van der Waals surface area contributed by atoms with Gasteiger partial charge in [-0.25, -0.2) is 9.97 Å². The van der Waals surface area contributed by atoms with Gasteiger partial charge in [-0.3, -0.25) is 4.79 Å². The smallest absolute Gasteiger partial charge is 0.311 e. The number of nitriles is 1. The van der Waals surface area contributed by atoms with E-state index in [1.54, 1.807) is 6.07 Å². The van der Waals surface area contributed by atoms with Gasteiger partial charge in [0.1, 0.15) is 11.3 Å². The van der Waals surface area contributed by atoms with Gasteiger partial charge in [-0.05, 0) is 51.5 Å². The molecule has 0 spiro atoms. The summed E-state index contributed by atoms with van der Waals surface area (Å²) >= 11 is 0. The molecular formula is C24H24N4O2. The van der Waals surface area contributed by atoms with Gasteiger partial charge < -0.3 is 9.64 Å². The molecule has 1 fully saturated rings.